The smallest absolute Gasteiger partial charge is 0.223 e. The summed E-state index contributed by atoms with van der Waals surface area (Å²) in [4.78, 5) is 13.6. The van der Waals surface area contributed by atoms with Crippen LogP contribution in [-0.2, 0) is 4.79 Å². The van der Waals surface area contributed by atoms with E-state index in [0.717, 1.165) is 12.8 Å². The molecule has 0 aliphatic heterocycles. The van der Waals surface area contributed by atoms with Crippen molar-refractivity contribution in [3.8, 4) is 6.07 Å². The lowest BCUT2D eigenvalue weighted by atomic mass is 10.1. The molecule has 0 fully saturated rings. The van der Waals surface area contributed by atoms with Crippen molar-refractivity contribution < 1.29 is 4.79 Å². The first kappa shape index (κ1) is 19.0. The molecule has 0 bridgehead atoms. The summed E-state index contributed by atoms with van der Waals surface area (Å²) < 4.78 is 0. The number of unbranched alkanes of at least 4 members (excludes halogenated alkanes) is 8. The molecule has 1 amide bonds. The van der Waals surface area contributed by atoms with Crippen LogP contribution in [0, 0.1) is 11.3 Å². The second-order valence-electron chi connectivity index (χ2n) is 5.85. The summed E-state index contributed by atoms with van der Waals surface area (Å²) >= 11 is 0. The number of hydrogen-bond donors (Lipinski definition) is 0. The first-order valence-corrected chi connectivity index (χ1v) is 8.29. The molecule has 0 radical (unpaired) electrons. The summed E-state index contributed by atoms with van der Waals surface area (Å²) in [5.74, 6) is 0.129. The summed E-state index contributed by atoms with van der Waals surface area (Å²) in [6.07, 6.45) is 11.9. The largest absolute Gasteiger partial charge is 0.327 e. The maximum absolute atomic E-state index is 12.0. The number of rotatable bonds is 12. The Kier molecular flexibility index (Phi) is 12.3. The van der Waals surface area contributed by atoms with Crippen LogP contribution in [0.3, 0.4) is 0 Å². The van der Waals surface area contributed by atoms with Gasteiger partial charge in [-0.25, -0.2) is 0 Å². The molecule has 3 nitrogen and oxygen atoms in total. The van der Waals surface area contributed by atoms with Gasteiger partial charge in [0.2, 0.25) is 5.91 Å². The van der Waals surface area contributed by atoms with Crippen molar-refractivity contribution in [3.05, 3.63) is 0 Å². The SMILES string of the molecule is CCCCCCCCCCCC(=O)N(CC#N)C(C)C. The van der Waals surface area contributed by atoms with Crippen LogP contribution in [0.5, 0.6) is 0 Å². The van der Waals surface area contributed by atoms with Crippen molar-refractivity contribution in [2.75, 3.05) is 6.54 Å². The average Bonchev–Trinajstić information content (AvgIpc) is 2.42. The van der Waals surface area contributed by atoms with Crippen molar-refractivity contribution in [1.82, 2.24) is 4.90 Å². The highest BCUT2D eigenvalue weighted by Crippen LogP contribution is 2.11. The van der Waals surface area contributed by atoms with Gasteiger partial charge in [-0.05, 0) is 20.3 Å². The third-order valence-corrected chi connectivity index (χ3v) is 3.68. The number of carbonyl (C=O) groups is 1. The van der Waals surface area contributed by atoms with Crippen LogP contribution in [-0.4, -0.2) is 23.4 Å². The van der Waals surface area contributed by atoms with Crippen molar-refractivity contribution in [2.45, 2.75) is 91.0 Å². The van der Waals surface area contributed by atoms with E-state index in [2.05, 4.69) is 13.0 Å². The van der Waals surface area contributed by atoms with Crippen molar-refractivity contribution in [3.63, 3.8) is 0 Å². The zero-order valence-electron chi connectivity index (χ0n) is 13.7. The van der Waals surface area contributed by atoms with E-state index in [9.17, 15) is 4.79 Å². The van der Waals surface area contributed by atoms with Gasteiger partial charge in [0.05, 0.1) is 6.07 Å². The third kappa shape index (κ3) is 9.83. The van der Waals surface area contributed by atoms with Gasteiger partial charge in [0.15, 0.2) is 0 Å². The third-order valence-electron chi connectivity index (χ3n) is 3.68. The van der Waals surface area contributed by atoms with Crippen molar-refractivity contribution in [2.24, 2.45) is 0 Å². The van der Waals surface area contributed by atoms with Crippen LogP contribution in [0.25, 0.3) is 0 Å². The van der Waals surface area contributed by atoms with Gasteiger partial charge in [-0.1, -0.05) is 58.3 Å². The zero-order chi connectivity index (χ0) is 15.2. The highest BCUT2D eigenvalue weighted by molar-refractivity contribution is 5.76. The molecule has 0 aliphatic rings. The maximum Gasteiger partial charge on any atom is 0.223 e. The highest BCUT2D eigenvalue weighted by atomic mass is 16.2. The van der Waals surface area contributed by atoms with Gasteiger partial charge < -0.3 is 4.90 Å². The molecule has 0 N–H and O–H groups in total. The second kappa shape index (κ2) is 13.0. The molecule has 116 valence electrons. The van der Waals surface area contributed by atoms with Gasteiger partial charge in [0, 0.05) is 12.5 Å². The Hall–Kier alpha value is -1.04. The highest BCUT2D eigenvalue weighted by Gasteiger charge is 2.15. The standard InChI is InChI=1S/C17H32N2O/c1-4-5-6-7-8-9-10-11-12-13-17(20)19(15-14-18)16(2)3/h16H,4-13,15H2,1-3H3. The Labute approximate surface area is 125 Å². The van der Waals surface area contributed by atoms with Gasteiger partial charge in [-0.2, -0.15) is 5.26 Å². The number of carbonyl (C=O) groups excluding carboxylic acids is 1. The minimum Gasteiger partial charge on any atom is -0.327 e. The van der Waals surface area contributed by atoms with E-state index in [0.29, 0.717) is 6.42 Å². The van der Waals surface area contributed by atoms with E-state index in [1.54, 1.807) is 4.90 Å². The second-order valence-corrected chi connectivity index (χ2v) is 5.85. The molecule has 0 spiro atoms. The zero-order valence-corrected chi connectivity index (χ0v) is 13.7. The Morgan fingerprint density at radius 1 is 1.00 bits per heavy atom. The van der Waals surface area contributed by atoms with Gasteiger partial charge in [-0.15, -0.1) is 0 Å². The number of nitrogens with zero attached hydrogens (tertiary/aromatic N) is 2. The predicted octanol–water partition coefficient (Wildman–Crippen LogP) is 4.67. The lowest BCUT2D eigenvalue weighted by Gasteiger charge is -2.23. The first-order chi connectivity index (χ1) is 9.63. The molecule has 3 heteroatoms. The normalized spacial score (nSPS) is 10.6. The fraction of sp³-hybridized carbons (Fsp3) is 0.882. The predicted molar refractivity (Wildman–Crippen MR) is 84.3 cm³/mol. The number of hydrogen-bond acceptors (Lipinski definition) is 2. The molecule has 0 aromatic heterocycles. The molecule has 0 aromatic rings. The summed E-state index contributed by atoms with van der Waals surface area (Å²) in [6, 6.07) is 2.20. The van der Waals surface area contributed by atoms with E-state index in [1.165, 1.54) is 44.9 Å². The molecule has 0 atom stereocenters. The van der Waals surface area contributed by atoms with E-state index in [1.807, 2.05) is 13.8 Å². The molecule has 0 aliphatic carbocycles. The lowest BCUT2D eigenvalue weighted by molar-refractivity contribution is -0.132. The van der Waals surface area contributed by atoms with Crippen LogP contribution in [0.15, 0.2) is 0 Å². The van der Waals surface area contributed by atoms with Crippen LogP contribution in [0.4, 0.5) is 0 Å². The first-order valence-electron chi connectivity index (χ1n) is 8.29. The maximum atomic E-state index is 12.0. The lowest BCUT2D eigenvalue weighted by Crippen LogP contribution is -2.37. The van der Waals surface area contributed by atoms with Gasteiger partial charge in [0.1, 0.15) is 6.54 Å². The average molecular weight is 280 g/mol. The van der Waals surface area contributed by atoms with Crippen LogP contribution in [0.2, 0.25) is 0 Å². The van der Waals surface area contributed by atoms with E-state index in [4.69, 9.17) is 5.26 Å². The molecule has 0 saturated carbocycles. The Bertz CT molecular complexity index is 281. The summed E-state index contributed by atoms with van der Waals surface area (Å²) in [7, 11) is 0. The van der Waals surface area contributed by atoms with Crippen molar-refractivity contribution in [1.29, 1.82) is 5.26 Å². The van der Waals surface area contributed by atoms with Crippen molar-refractivity contribution >= 4 is 5.91 Å². The Balaban J connectivity index is 3.54. The van der Waals surface area contributed by atoms with Crippen LogP contribution >= 0.6 is 0 Å². The number of amides is 1. The molecular weight excluding hydrogens is 248 g/mol. The molecule has 0 rings (SSSR count). The quantitative estimate of drug-likeness (QED) is 0.385. The minimum absolute atomic E-state index is 0.126. The molecule has 0 unspecified atom stereocenters. The van der Waals surface area contributed by atoms with E-state index in [-0.39, 0.29) is 18.5 Å². The monoisotopic (exact) mass is 280 g/mol. The van der Waals surface area contributed by atoms with Crippen LogP contribution < -0.4 is 0 Å². The minimum atomic E-state index is 0.126. The Morgan fingerprint density at radius 2 is 1.50 bits per heavy atom. The van der Waals surface area contributed by atoms with Gasteiger partial charge in [-0.3, -0.25) is 4.79 Å². The number of nitriles is 1. The fourth-order valence-corrected chi connectivity index (χ4v) is 2.37. The molecule has 0 aromatic carbocycles. The van der Waals surface area contributed by atoms with Gasteiger partial charge >= 0.3 is 0 Å². The molecule has 20 heavy (non-hydrogen) atoms. The summed E-state index contributed by atoms with van der Waals surface area (Å²) in [5, 5.41) is 8.72. The molecular formula is C17H32N2O. The summed E-state index contributed by atoms with van der Waals surface area (Å²) in [6.45, 7) is 6.38. The summed E-state index contributed by atoms with van der Waals surface area (Å²) in [5.41, 5.74) is 0. The Morgan fingerprint density at radius 3 is 1.95 bits per heavy atom. The van der Waals surface area contributed by atoms with Crippen LogP contribution in [0.1, 0.15) is 85.0 Å². The molecule has 0 saturated heterocycles. The molecule has 0 heterocycles. The fourth-order valence-electron chi connectivity index (χ4n) is 2.37. The van der Waals surface area contributed by atoms with E-state index >= 15 is 0 Å². The topological polar surface area (TPSA) is 44.1 Å². The van der Waals surface area contributed by atoms with Gasteiger partial charge in [0.25, 0.3) is 0 Å². The van der Waals surface area contributed by atoms with E-state index < -0.39 is 0 Å².